The molecule has 0 spiro atoms. The molecule has 2 aromatic heterocycles. The molecule has 0 N–H and O–H groups in total. The molecule has 0 aliphatic carbocycles. The summed E-state index contributed by atoms with van der Waals surface area (Å²) in [5.41, 5.74) is 4.59. The summed E-state index contributed by atoms with van der Waals surface area (Å²) in [7, 11) is 0. The van der Waals surface area contributed by atoms with E-state index in [2.05, 4.69) is 36.9 Å². The molecule has 126 valence electrons. The summed E-state index contributed by atoms with van der Waals surface area (Å²) >= 11 is 9.53. The van der Waals surface area contributed by atoms with Gasteiger partial charge in [-0.25, -0.2) is 9.97 Å². The number of nitrogens with zero attached hydrogens (tertiary/aromatic N) is 4. The van der Waals surface area contributed by atoms with Crippen molar-refractivity contribution in [3.8, 4) is 11.4 Å². The van der Waals surface area contributed by atoms with Crippen LogP contribution < -0.4 is 0 Å². The Balaban J connectivity index is 1.52. The second kappa shape index (κ2) is 7.20. The molecule has 0 radical (unpaired) electrons. The Morgan fingerprint density at radius 2 is 1.96 bits per heavy atom. The average molecular weight is 416 g/mol. The molecule has 0 atom stereocenters. The molecule has 3 heterocycles. The van der Waals surface area contributed by atoms with Gasteiger partial charge in [-0.1, -0.05) is 11.6 Å². The number of hydrogen-bond donors (Lipinski definition) is 0. The van der Waals surface area contributed by atoms with Crippen molar-refractivity contribution in [3.05, 3.63) is 75.2 Å². The standard InChI is InChI=1S/C19H16BrClN4/c20-17-10-22-7-5-14(17)11-25-8-6-18-15(12-25)9-23-19(24-18)13-1-3-16(21)4-2-13/h1-5,7,9-10H,6,8,11-12H2. The van der Waals surface area contributed by atoms with Crippen LogP contribution in [0.1, 0.15) is 16.8 Å². The molecule has 25 heavy (non-hydrogen) atoms. The lowest BCUT2D eigenvalue weighted by molar-refractivity contribution is 0.242. The van der Waals surface area contributed by atoms with Crippen LogP contribution in [-0.4, -0.2) is 26.4 Å². The van der Waals surface area contributed by atoms with Crippen LogP contribution in [-0.2, 0) is 19.5 Å². The lowest BCUT2D eigenvalue weighted by Gasteiger charge is -2.28. The molecule has 4 rings (SSSR count). The fourth-order valence-corrected chi connectivity index (χ4v) is 3.52. The van der Waals surface area contributed by atoms with Crippen LogP contribution in [0.15, 0.2) is 53.4 Å². The summed E-state index contributed by atoms with van der Waals surface area (Å²) in [6.45, 7) is 2.74. The number of rotatable bonds is 3. The van der Waals surface area contributed by atoms with Crippen LogP contribution in [0.25, 0.3) is 11.4 Å². The Labute approximate surface area is 160 Å². The van der Waals surface area contributed by atoms with Gasteiger partial charge in [0.25, 0.3) is 0 Å². The summed E-state index contributed by atoms with van der Waals surface area (Å²) in [5.74, 6) is 0.765. The van der Waals surface area contributed by atoms with E-state index < -0.39 is 0 Å². The third-order valence-corrected chi connectivity index (χ3v) is 5.33. The quantitative estimate of drug-likeness (QED) is 0.631. The number of aromatic nitrogens is 3. The summed E-state index contributed by atoms with van der Waals surface area (Å²) in [6, 6.07) is 9.71. The van der Waals surface area contributed by atoms with Crippen molar-refractivity contribution in [2.24, 2.45) is 0 Å². The van der Waals surface area contributed by atoms with Gasteiger partial charge < -0.3 is 0 Å². The first-order valence-electron chi connectivity index (χ1n) is 8.10. The molecule has 3 aromatic rings. The minimum absolute atomic E-state index is 0.722. The van der Waals surface area contributed by atoms with Crippen LogP contribution in [0.3, 0.4) is 0 Å². The van der Waals surface area contributed by atoms with Crippen molar-refractivity contribution >= 4 is 27.5 Å². The highest BCUT2D eigenvalue weighted by Crippen LogP contribution is 2.24. The van der Waals surface area contributed by atoms with E-state index in [9.17, 15) is 0 Å². The van der Waals surface area contributed by atoms with E-state index in [-0.39, 0.29) is 0 Å². The summed E-state index contributed by atoms with van der Waals surface area (Å²) < 4.78 is 1.05. The second-order valence-corrected chi connectivity index (χ2v) is 7.39. The highest BCUT2D eigenvalue weighted by molar-refractivity contribution is 9.10. The molecule has 4 nitrogen and oxygen atoms in total. The predicted octanol–water partition coefficient (Wildman–Crippen LogP) is 4.51. The Kier molecular flexibility index (Phi) is 4.79. The SMILES string of the molecule is Clc1ccc(-c2ncc3c(n2)CCN(Cc2ccncc2Br)C3)cc1. The van der Waals surface area contributed by atoms with Gasteiger partial charge in [0.2, 0.25) is 0 Å². The number of hydrogen-bond acceptors (Lipinski definition) is 4. The van der Waals surface area contributed by atoms with Gasteiger partial charge in [-0.15, -0.1) is 0 Å². The van der Waals surface area contributed by atoms with E-state index in [1.165, 1.54) is 11.1 Å². The molecular weight excluding hydrogens is 400 g/mol. The lowest BCUT2D eigenvalue weighted by atomic mass is 10.1. The zero-order chi connectivity index (χ0) is 17.2. The van der Waals surface area contributed by atoms with E-state index in [0.717, 1.165) is 52.6 Å². The Morgan fingerprint density at radius 1 is 1.12 bits per heavy atom. The smallest absolute Gasteiger partial charge is 0.159 e. The molecule has 0 amide bonds. The van der Waals surface area contributed by atoms with E-state index in [0.29, 0.717) is 0 Å². The zero-order valence-electron chi connectivity index (χ0n) is 13.5. The maximum atomic E-state index is 5.95. The van der Waals surface area contributed by atoms with Gasteiger partial charge in [-0.3, -0.25) is 9.88 Å². The third-order valence-electron chi connectivity index (χ3n) is 4.37. The molecule has 6 heteroatoms. The van der Waals surface area contributed by atoms with Gasteiger partial charge in [0.1, 0.15) is 0 Å². The van der Waals surface area contributed by atoms with Crippen LogP contribution >= 0.6 is 27.5 Å². The predicted molar refractivity (Wildman–Crippen MR) is 102 cm³/mol. The van der Waals surface area contributed by atoms with Gasteiger partial charge in [-0.2, -0.15) is 0 Å². The van der Waals surface area contributed by atoms with Gasteiger partial charge in [0.15, 0.2) is 5.82 Å². The fraction of sp³-hybridized carbons (Fsp3) is 0.211. The third kappa shape index (κ3) is 3.73. The van der Waals surface area contributed by atoms with Gasteiger partial charge in [0.05, 0.1) is 5.69 Å². The van der Waals surface area contributed by atoms with Crippen molar-refractivity contribution in [3.63, 3.8) is 0 Å². The lowest BCUT2D eigenvalue weighted by Crippen LogP contribution is -2.31. The molecule has 0 unspecified atom stereocenters. The van der Waals surface area contributed by atoms with E-state index in [4.69, 9.17) is 16.6 Å². The minimum atomic E-state index is 0.722. The van der Waals surface area contributed by atoms with Crippen molar-refractivity contribution in [2.45, 2.75) is 19.5 Å². The summed E-state index contributed by atoms with van der Waals surface area (Å²) in [4.78, 5) is 15.9. The number of pyridine rings is 1. The number of benzene rings is 1. The van der Waals surface area contributed by atoms with E-state index in [1.807, 2.05) is 42.9 Å². The van der Waals surface area contributed by atoms with Gasteiger partial charge in [0, 0.05) is 65.3 Å². The molecule has 1 aliphatic heterocycles. The average Bonchev–Trinajstić information content (AvgIpc) is 2.64. The summed E-state index contributed by atoms with van der Waals surface area (Å²) in [6.07, 6.45) is 6.56. The Bertz CT molecular complexity index is 898. The fourth-order valence-electron chi connectivity index (χ4n) is 3.02. The highest BCUT2D eigenvalue weighted by Gasteiger charge is 2.19. The first kappa shape index (κ1) is 16.6. The first-order valence-corrected chi connectivity index (χ1v) is 9.27. The van der Waals surface area contributed by atoms with Crippen LogP contribution in [0, 0.1) is 0 Å². The maximum Gasteiger partial charge on any atom is 0.159 e. The molecule has 0 saturated heterocycles. The topological polar surface area (TPSA) is 41.9 Å². The van der Waals surface area contributed by atoms with Crippen molar-refractivity contribution in [1.82, 2.24) is 19.9 Å². The zero-order valence-corrected chi connectivity index (χ0v) is 15.8. The minimum Gasteiger partial charge on any atom is -0.294 e. The Morgan fingerprint density at radius 3 is 2.76 bits per heavy atom. The molecular formula is C19H16BrClN4. The Hall–Kier alpha value is -1.82. The highest BCUT2D eigenvalue weighted by atomic mass is 79.9. The number of halogens is 2. The molecule has 0 bridgehead atoms. The van der Waals surface area contributed by atoms with Gasteiger partial charge in [-0.05, 0) is 51.8 Å². The monoisotopic (exact) mass is 414 g/mol. The second-order valence-electron chi connectivity index (χ2n) is 6.10. The van der Waals surface area contributed by atoms with Crippen molar-refractivity contribution < 1.29 is 0 Å². The largest absolute Gasteiger partial charge is 0.294 e. The normalized spacial score (nSPS) is 14.3. The summed E-state index contributed by atoms with van der Waals surface area (Å²) in [5, 5.41) is 0.722. The van der Waals surface area contributed by atoms with Crippen molar-refractivity contribution in [2.75, 3.05) is 6.54 Å². The molecule has 0 fully saturated rings. The number of fused-ring (bicyclic) bond motifs is 1. The maximum absolute atomic E-state index is 5.95. The van der Waals surface area contributed by atoms with Crippen LogP contribution in [0.2, 0.25) is 5.02 Å². The van der Waals surface area contributed by atoms with Gasteiger partial charge >= 0.3 is 0 Å². The molecule has 0 saturated carbocycles. The van der Waals surface area contributed by atoms with E-state index in [1.54, 1.807) is 0 Å². The van der Waals surface area contributed by atoms with Crippen molar-refractivity contribution in [1.29, 1.82) is 0 Å². The molecule has 1 aliphatic rings. The van der Waals surface area contributed by atoms with Crippen LogP contribution in [0.5, 0.6) is 0 Å². The van der Waals surface area contributed by atoms with Crippen LogP contribution in [0.4, 0.5) is 0 Å². The first-order chi connectivity index (χ1) is 12.2. The van der Waals surface area contributed by atoms with E-state index >= 15 is 0 Å². The molecule has 1 aromatic carbocycles.